The van der Waals surface area contributed by atoms with E-state index in [0.29, 0.717) is 30.5 Å². The largest absolute Gasteiger partial charge is 0.389 e. The van der Waals surface area contributed by atoms with Crippen LogP contribution in [0.1, 0.15) is 24.8 Å². The molecule has 0 unspecified atom stereocenters. The normalized spacial score (nSPS) is 12.3. The van der Waals surface area contributed by atoms with Crippen LogP contribution in [0.3, 0.4) is 0 Å². The minimum atomic E-state index is -4.07. The highest BCUT2D eigenvalue weighted by Crippen LogP contribution is 2.21. The minimum absolute atomic E-state index is 0.121. The van der Waals surface area contributed by atoms with Gasteiger partial charge in [0.15, 0.2) is 5.96 Å². The molecular formula is C15H21ClF3N3. The zero-order chi connectivity index (χ0) is 16.4. The standard InChI is InChI=1S/C15H21ClF3N3/c1-20-14(21-9-3-2-8-15(17,18)19)22-10-7-12-5-4-6-13(16)11-12/h4-6,11H,2-3,7-10H2,1H3,(H2,20,21,22). The molecule has 2 N–H and O–H groups in total. The zero-order valence-electron chi connectivity index (χ0n) is 12.5. The third-order valence-corrected chi connectivity index (χ3v) is 3.23. The fourth-order valence-corrected chi connectivity index (χ4v) is 2.11. The van der Waals surface area contributed by atoms with Gasteiger partial charge in [-0.05, 0) is 37.0 Å². The molecule has 1 aromatic carbocycles. The van der Waals surface area contributed by atoms with Crippen LogP contribution in [0.25, 0.3) is 0 Å². The first kappa shape index (κ1) is 18.6. The second-order valence-corrected chi connectivity index (χ2v) is 5.31. The van der Waals surface area contributed by atoms with Gasteiger partial charge in [-0.25, -0.2) is 0 Å². The smallest absolute Gasteiger partial charge is 0.356 e. The van der Waals surface area contributed by atoms with Crippen LogP contribution in [0.4, 0.5) is 13.2 Å². The van der Waals surface area contributed by atoms with E-state index in [4.69, 9.17) is 11.6 Å². The van der Waals surface area contributed by atoms with Crippen LogP contribution in [0.15, 0.2) is 29.3 Å². The molecule has 0 saturated heterocycles. The van der Waals surface area contributed by atoms with Gasteiger partial charge >= 0.3 is 6.18 Å². The van der Waals surface area contributed by atoms with Crippen molar-refractivity contribution in [2.24, 2.45) is 4.99 Å². The Balaban J connectivity index is 2.17. The van der Waals surface area contributed by atoms with E-state index in [9.17, 15) is 13.2 Å². The van der Waals surface area contributed by atoms with E-state index in [0.717, 1.165) is 12.0 Å². The molecule has 0 fully saturated rings. The van der Waals surface area contributed by atoms with E-state index < -0.39 is 12.6 Å². The number of nitrogens with zero attached hydrogens (tertiary/aromatic N) is 1. The van der Waals surface area contributed by atoms with Crippen LogP contribution in [-0.2, 0) is 6.42 Å². The number of benzene rings is 1. The molecule has 0 heterocycles. The van der Waals surface area contributed by atoms with Gasteiger partial charge in [-0.3, -0.25) is 4.99 Å². The van der Waals surface area contributed by atoms with Crippen molar-refractivity contribution in [1.82, 2.24) is 10.6 Å². The molecule has 3 nitrogen and oxygen atoms in total. The Kier molecular flexibility index (Phi) is 8.09. The van der Waals surface area contributed by atoms with Gasteiger partial charge in [0.05, 0.1) is 0 Å². The fraction of sp³-hybridized carbons (Fsp3) is 0.533. The number of unbranched alkanes of at least 4 members (excludes halogenated alkanes) is 1. The number of rotatable bonds is 7. The third-order valence-electron chi connectivity index (χ3n) is 3.00. The number of nitrogens with one attached hydrogen (secondary N) is 2. The van der Waals surface area contributed by atoms with Crippen molar-refractivity contribution in [2.75, 3.05) is 20.1 Å². The van der Waals surface area contributed by atoms with Crippen molar-refractivity contribution in [3.63, 3.8) is 0 Å². The summed E-state index contributed by atoms with van der Waals surface area (Å²) in [6, 6.07) is 7.60. The molecule has 0 aliphatic heterocycles. The summed E-state index contributed by atoms with van der Waals surface area (Å²) in [6.45, 7) is 1.13. The highest BCUT2D eigenvalue weighted by molar-refractivity contribution is 6.30. The summed E-state index contributed by atoms with van der Waals surface area (Å²) in [7, 11) is 1.63. The lowest BCUT2D eigenvalue weighted by Gasteiger charge is -2.12. The Morgan fingerprint density at radius 2 is 1.91 bits per heavy atom. The molecule has 0 spiro atoms. The molecule has 1 aromatic rings. The molecule has 0 amide bonds. The number of alkyl halides is 3. The van der Waals surface area contributed by atoms with Crippen LogP contribution < -0.4 is 10.6 Å². The summed E-state index contributed by atoms with van der Waals surface area (Å²) in [5.74, 6) is 0.592. The second-order valence-electron chi connectivity index (χ2n) is 4.88. The highest BCUT2D eigenvalue weighted by atomic mass is 35.5. The van der Waals surface area contributed by atoms with Crippen LogP contribution in [-0.4, -0.2) is 32.3 Å². The lowest BCUT2D eigenvalue weighted by Crippen LogP contribution is -2.38. The molecule has 0 aliphatic rings. The summed E-state index contributed by atoms with van der Waals surface area (Å²) >= 11 is 5.91. The summed E-state index contributed by atoms with van der Waals surface area (Å²) in [5, 5.41) is 6.82. The van der Waals surface area contributed by atoms with Crippen LogP contribution in [0.2, 0.25) is 5.02 Å². The molecule has 0 atom stereocenters. The number of hydrogen-bond donors (Lipinski definition) is 2. The number of hydrogen-bond acceptors (Lipinski definition) is 1. The summed E-state index contributed by atoms with van der Waals surface area (Å²) < 4.78 is 36.0. The number of aliphatic imine (C=N–C) groups is 1. The predicted octanol–water partition coefficient (Wildman–Crippen LogP) is 3.78. The van der Waals surface area contributed by atoms with Crippen LogP contribution in [0.5, 0.6) is 0 Å². The van der Waals surface area contributed by atoms with Crippen molar-refractivity contribution in [3.05, 3.63) is 34.9 Å². The van der Waals surface area contributed by atoms with E-state index in [1.165, 1.54) is 0 Å². The van der Waals surface area contributed by atoms with Crippen molar-refractivity contribution < 1.29 is 13.2 Å². The molecule has 0 aliphatic carbocycles. The average Bonchev–Trinajstić information content (AvgIpc) is 2.44. The van der Waals surface area contributed by atoms with Crippen molar-refractivity contribution in [2.45, 2.75) is 31.9 Å². The van der Waals surface area contributed by atoms with Gasteiger partial charge in [-0.1, -0.05) is 23.7 Å². The Hall–Kier alpha value is -1.43. The molecule has 124 valence electrons. The first-order valence-corrected chi connectivity index (χ1v) is 7.54. The molecule has 0 aromatic heterocycles. The second kappa shape index (κ2) is 9.56. The molecular weight excluding hydrogens is 315 g/mol. The summed E-state index contributed by atoms with van der Waals surface area (Å²) in [5.41, 5.74) is 1.11. The van der Waals surface area contributed by atoms with Crippen LogP contribution in [0, 0.1) is 0 Å². The predicted molar refractivity (Wildman–Crippen MR) is 84.4 cm³/mol. The van der Waals surface area contributed by atoms with Gasteiger partial charge in [0.2, 0.25) is 0 Å². The first-order chi connectivity index (χ1) is 10.4. The summed E-state index contributed by atoms with van der Waals surface area (Å²) in [4.78, 5) is 4.03. The van der Waals surface area contributed by atoms with E-state index in [1.807, 2.05) is 24.3 Å². The van der Waals surface area contributed by atoms with Gasteiger partial charge in [-0.2, -0.15) is 13.2 Å². The Morgan fingerprint density at radius 1 is 1.18 bits per heavy atom. The molecule has 0 radical (unpaired) electrons. The number of halogens is 4. The fourth-order valence-electron chi connectivity index (χ4n) is 1.90. The van der Waals surface area contributed by atoms with E-state index >= 15 is 0 Å². The van der Waals surface area contributed by atoms with Gasteiger partial charge < -0.3 is 10.6 Å². The topological polar surface area (TPSA) is 36.4 Å². The van der Waals surface area contributed by atoms with E-state index in [-0.39, 0.29) is 6.42 Å². The molecule has 22 heavy (non-hydrogen) atoms. The average molecular weight is 336 g/mol. The van der Waals surface area contributed by atoms with Crippen LogP contribution >= 0.6 is 11.6 Å². The zero-order valence-corrected chi connectivity index (χ0v) is 13.3. The highest BCUT2D eigenvalue weighted by Gasteiger charge is 2.25. The molecule has 7 heteroatoms. The quantitative estimate of drug-likeness (QED) is 0.452. The molecule has 0 saturated carbocycles. The number of guanidine groups is 1. The third kappa shape index (κ3) is 8.77. The van der Waals surface area contributed by atoms with Gasteiger partial charge in [-0.15, -0.1) is 0 Å². The SMILES string of the molecule is CN=C(NCCCCC(F)(F)F)NCCc1cccc(Cl)c1. The van der Waals surface area contributed by atoms with E-state index in [2.05, 4.69) is 15.6 Å². The Morgan fingerprint density at radius 3 is 2.55 bits per heavy atom. The maximum atomic E-state index is 12.0. The Bertz CT molecular complexity index is 475. The maximum Gasteiger partial charge on any atom is 0.389 e. The van der Waals surface area contributed by atoms with Crippen molar-refractivity contribution >= 4 is 17.6 Å². The maximum absolute atomic E-state index is 12.0. The lowest BCUT2D eigenvalue weighted by atomic mass is 10.1. The van der Waals surface area contributed by atoms with Crippen molar-refractivity contribution in [1.29, 1.82) is 0 Å². The first-order valence-electron chi connectivity index (χ1n) is 7.16. The van der Waals surface area contributed by atoms with Gasteiger partial charge in [0, 0.05) is 31.6 Å². The van der Waals surface area contributed by atoms with E-state index in [1.54, 1.807) is 7.05 Å². The summed E-state index contributed by atoms with van der Waals surface area (Å²) in [6.07, 6.45) is -3.45. The van der Waals surface area contributed by atoms with Gasteiger partial charge in [0.25, 0.3) is 0 Å². The molecule has 0 bridgehead atoms. The Labute approximate surface area is 134 Å². The lowest BCUT2D eigenvalue weighted by molar-refractivity contribution is -0.135. The van der Waals surface area contributed by atoms with Gasteiger partial charge in [0.1, 0.15) is 0 Å². The molecule has 1 rings (SSSR count). The minimum Gasteiger partial charge on any atom is -0.356 e. The monoisotopic (exact) mass is 335 g/mol. The van der Waals surface area contributed by atoms with Crippen molar-refractivity contribution in [3.8, 4) is 0 Å².